The average Bonchev–Trinajstić information content (AvgIpc) is 2.53. The Morgan fingerprint density at radius 2 is 1.95 bits per heavy atom. The van der Waals surface area contributed by atoms with Crippen LogP contribution < -0.4 is 14.9 Å². The standard InChI is InChI=1S/C17H18N2O3/c1-13-6-5-7-14(10-13)11-18-19-17(20)12-22-16-9-4-3-8-15(16)21-2/h3-11H,12H2,1-2H3,(H,19,20). The number of benzene rings is 2. The number of nitrogens with zero attached hydrogens (tertiary/aromatic N) is 1. The smallest absolute Gasteiger partial charge is 0.277 e. The average molecular weight is 298 g/mol. The number of hydrogen-bond donors (Lipinski definition) is 1. The van der Waals surface area contributed by atoms with E-state index in [4.69, 9.17) is 9.47 Å². The Kier molecular flexibility index (Phi) is 5.54. The monoisotopic (exact) mass is 298 g/mol. The molecule has 1 amide bonds. The molecular formula is C17H18N2O3. The lowest BCUT2D eigenvalue weighted by Crippen LogP contribution is -2.24. The van der Waals surface area contributed by atoms with Gasteiger partial charge in [-0.15, -0.1) is 0 Å². The third-order valence-corrected chi connectivity index (χ3v) is 2.87. The Bertz CT molecular complexity index is 668. The first-order chi connectivity index (χ1) is 10.7. The summed E-state index contributed by atoms with van der Waals surface area (Å²) in [5.74, 6) is 0.760. The van der Waals surface area contributed by atoms with Crippen LogP contribution in [-0.4, -0.2) is 25.8 Å². The van der Waals surface area contributed by atoms with E-state index in [9.17, 15) is 4.79 Å². The van der Waals surface area contributed by atoms with Gasteiger partial charge >= 0.3 is 0 Å². The zero-order valence-electron chi connectivity index (χ0n) is 12.6. The second kappa shape index (κ2) is 7.83. The zero-order chi connectivity index (χ0) is 15.8. The van der Waals surface area contributed by atoms with Gasteiger partial charge in [-0.2, -0.15) is 5.10 Å². The van der Waals surface area contributed by atoms with Crippen LogP contribution in [0.3, 0.4) is 0 Å². The molecule has 0 radical (unpaired) electrons. The first-order valence-corrected chi connectivity index (χ1v) is 6.83. The van der Waals surface area contributed by atoms with Gasteiger partial charge in [-0.05, 0) is 24.6 Å². The first-order valence-electron chi connectivity index (χ1n) is 6.83. The Labute approximate surface area is 129 Å². The lowest BCUT2D eigenvalue weighted by Gasteiger charge is -2.09. The summed E-state index contributed by atoms with van der Waals surface area (Å²) < 4.78 is 10.5. The van der Waals surface area contributed by atoms with Crippen molar-refractivity contribution in [2.45, 2.75) is 6.92 Å². The van der Waals surface area contributed by atoms with Gasteiger partial charge in [0.15, 0.2) is 18.1 Å². The molecule has 0 aliphatic heterocycles. The highest BCUT2D eigenvalue weighted by Crippen LogP contribution is 2.25. The fourth-order valence-electron chi connectivity index (χ4n) is 1.84. The van der Waals surface area contributed by atoms with Gasteiger partial charge in [-0.25, -0.2) is 5.43 Å². The van der Waals surface area contributed by atoms with Gasteiger partial charge in [0, 0.05) is 0 Å². The minimum atomic E-state index is -0.338. The second-order valence-electron chi connectivity index (χ2n) is 4.65. The van der Waals surface area contributed by atoms with Crippen molar-refractivity contribution in [1.29, 1.82) is 0 Å². The molecule has 22 heavy (non-hydrogen) atoms. The number of aryl methyl sites for hydroxylation is 1. The van der Waals surface area contributed by atoms with Crippen molar-refractivity contribution in [3.63, 3.8) is 0 Å². The summed E-state index contributed by atoms with van der Waals surface area (Å²) in [6.45, 7) is 1.86. The van der Waals surface area contributed by atoms with Crippen molar-refractivity contribution in [3.05, 3.63) is 59.7 Å². The maximum atomic E-state index is 11.7. The molecule has 0 aliphatic rings. The molecule has 0 bridgehead atoms. The van der Waals surface area contributed by atoms with Crippen molar-refractivity contribution in [1.82, 2.24) is 5.43 Å². The van der Waals surface area contributed by atoms with Gasteiger partial charge in [-0.3, -0.25) is 4.79 Å². The molecular weight excluding hydrogens is 280 g/mol. The van der Waals surface area contributed by atoms with E-state index in [2.05, 4.69) is 10.5 Å². The van der Waals surface area contributed by atoms with Crippen LogP contribution in [-0.2, 0) is 4.79 Å². The normalized spacial score (nSPS) is 10.5. The number of methoxy groups -OCH3 is 1. The van der Waals surface area contributed by atoms with Crippen LogP contribution in [0.4, 0.5) is 0 Å². The molecule has 0 atom stereocenters. The van der Waals surface area contributed by atoms with Gasteiger partial charge in [-0.1, -0.05) is 42.0 Å². The van der Waals surface area contributed by atoms with E-state index < -0.39 is 0 Å². The summed E-state index contributed by atoms with van der Waals surface area (Å²) in [4.78, 5) is 11.7. The molecule has 114 valence electrons. The second-order valence-corrected chi connectivity index (χ2v) is 4.65. The number of hydrazone groups is 1. The van der Waals surface area contributed by atoms with E-state index in [1.807, 2.05) is 43.3 Å². The molecule has 5 nitrogen and oxygen atoms in total. The molecule has 2 rings (SSSR count). The SMILES string of the molecule is COc1ccccc1OCC(=O)NN=Cc1cccc(C)c1. The van der Waals surface area contributed by atoms with Gasteiger partial charge in [0.2, 0.25) is 0 Å². The Morgan fingerprint density at radius 1 is 1.18 bits per heavy atom. The van der Waals surface area contributed by atoms with Crippen molar-refractivity contribution in [3.8, 4) is 11.5 Å². The number of nitrogens with one attached hydrogen (secondary N) is 1. The van der Waals surface area contributed by atoms with Crippen LogP contribution >= 0.6 is 0 Å². The predicted molar refractivity (Wildman–Crippen MR) is 85.4 cm³/mol. The third-order valence-electron chi connectivity index (χ3n) is 2.87. The Balaban J connectivity index is 1.83. The van der Waals surface area contributed by atoms with Gasteiger partial charge in [0.05, 0.1) is 13.3 Å². The summed E-state index contributed by atoms with van der Waals surface area (Å²) in [5.41, 5.74) is 4.48. The van der Waals surface area contributed by atoms with Crippen LogP contribution in [0.25, 0.3) is 0 Å². The fraction of sp³-hybridized carbons (Fsp3) is 0.176. The highest BCUT2D eigenvalue weighted by atomic mass is 16.5. The predicted octanol–water partition coefficient (Wildman–Crippen LogP) is 2.53. The fourth-order valence-corrected chi connectivity index (χ4v) is 1.84. The molecule has 2 aromatic carbocycles. The minimum Gasteiger partial charge on any atom is -0.493 e. The first kappa shape index (κ1) is 15.6. The molecule has 1 N–H and O–H groups in total. The quantitative estimate of drug-likeness (QED) is 0.658. The summed E-state index contributed by atoms with van der Waals surface area (Å²) in [5, 5.41) is 3.90. The van der Waals surface area contributed by atoms with Crippen LogP contribution in [0.2, 0.25) is 0 Å². The number of amides is 1. The van der Waals surface area contributed by atoms with Crippen molar-refractivity contribution < 1.29 is 14.3 Å². The maximum absolute atomic E-state index is 11.7. The summed E-state index contributed by atoms with van der Waals surface area (Å²) in [6.07, 6.45) is 1.59. The van der Waals surface area contributed by atoms with E-state index in [0.29, 0.717) is 11.5 Å². The molecule has 0 saturated heterocycles. The van der Waals surface area contributed by atoms with Crippen molar-refractivity contribution in [2.75, 3.05) is 13.7 Å². The number of hydrogen-bond acceptors (Lipinski definition) is 4. The topological polar surface area (TPSA) is 59.9 Å². The lowest BCUT2D eigenvalue weighted by atomic mass is 10.2. The summed E-state index contributed by atoms with van der Waals surface area (Å²) in [6, 6.07) is 15.0. The van der Waals surface area contributed by atoms with Gasteiger partial charge < -0.3 is 9.47 Å². The van der Waals surface area contributed by atoms with Crippen LogP contribution in [0.5, 0.6) is 11.5 Å². The van der Waals surface area contributed by atoms with E-state index >= 15 is 0 Å². The number of rotatable bonds is 6. The summed E-state index contributed by atoms with van der Waals surface area (Å²) in [7, 11) is 1.55. The molecule has 0 fully saturated rings. The van der Waals surface area contributed by atoms with Crippen LogP contribution in [0.1, 0.15) is 11.1 Å². The molecule has 0 aromatic heterocycles. The van der Waals surface area contributed by atoms with E-state index in [1.54, 1.807) is 25.5 Å². The van der Waals surface area contributed by atoms with E-state index in [-0.39, 0.29) is 12.5 Å². The molecule has 2 aromatic rings. The van der Waals surface area contributed by atoms with Gasteiger partial charge in [0.25, 0.3) is 5.91 Å². The number of carbonyl (C=O) groups is 1. The van der Waals surface area contributed by atoms with Crippen molar-refractivity contribution in [2.24, 2.45) is 5.10 Å². The Hall–Kier alpha value is -2.82. The third kappa shape index (κ3) is 4.63. The molecule has 0 saturated carbocycles. The molecule has 0 spiro atoms. The largest absolute Gasteiger partial charge is 0.493 e. The van der Waals surface area contributed by atoms with Crippen LogP contribution in [0.15, 0.2) is 53.6 Å². The highest BCUT2D eigenvalue weighted by Gasteiger charge is 2.05. The number of carbonyl (C=O) groups excluding carboxylic acids is 1. The van der Waals surface area contributed by atoms with E-state index in [1.165, 1.54) is 0 Å². The maximum Gasteiger partial charge on any atom is 0.277 e. The number of para-hydroxylation sites is 2. The number of ether oxygens (including phenoxy) is 2. The lowest BCUT2D eigenvalue weighted by molar-refractivity contribution is -0.123. The zero-order valence-corrected chi connectivity index (χ0v) is 12.6. The van der Waals surface area contributed by atoms with Crippen LogP contribution in [0, 0.1) is 6.92 Å². The minimum absolute atomic E-state index is 0.133. The molecule has 5 heteroatoms. The highest BCUT2D eigenvalue weighted by molar-refractivity contribution is 5.83. The Morgan fingerprint density at radius 3 is 2.68 bits per heavy atom. The van der Waals surface area contributed by atoms with E-state index in [0.717, 1.165) is 11.1 Å². The van der Waals surface area contributed by atoms with Crippen molar-refractivity contribution >= 4 is 12.1 Å². The molecule has 0 aliphatic carbocycles. The van der Waals surface area contributed by atoms with Gasteiger partial charge in [0.1, 0.15) is 0 Å². The summed E-state index contributed by atoms with van der Waals surface area (Å²) >= 11 is 0. The molecule has 0 heterocycles. The molecule has 0 unspecified atom stereocenters.